The van der Waals surface area contributed by atoms with E-state index >= 15 is 0 Å². The van der Waals surface area contributed by atoms with E-state index in [1.54, 1.807) is 32.2 Å². The van der Waals surface area contributed by atoms with Gasteiger partial charge in [0.2, 0.25) is 0 Å². The normalized spacial score (nSPS) is 10.7. The van der Waals surface area contributed by atoms with Gasteiger partial charge in [-0.2, -0.15) is 13.2 Å². The number of hydrogen-bond donors (Lipinski definition) is 0. The second-order valence-corrected chi connectivity index (χ2v) is 6.16. The van der Waals surface area contributed by atoms with Gasteiger partial charge >= 0.3 is 6.18 Å². The molecule has 32 heavy (non-hydrogen) atoms. The molecule has 0 amide bonds. The fourth-order valence-corrected chi connectivity index (χ4v) is 2.43. The zero-order valence-electron chi connectivity index (χ0n) is 16.4. The van der Waals surface area contributed by atoms with Gasteiger partial charge in [0, 0.05) is 55.5 Å². The van der Waals surface area contributed by atoms with Crippen LogP contribution in [0.15, 0.2) is 42.7 Å². The van der Waals surface area contributed by atoms with E-state index in [4.69, 9.17) is 0 Å². The predicted molar refractivity (Wildman–Crippen MR) is 99.3 cm³/mol. The molecule has 1 aromatic carbocycles. The Morgan fingerprint density at radius 2 is 1.78 bits per heavy atom. The molecule has 12 heteroatoms. The molecule has 169 valence electrons. The van der Waals surface area contributed by atoms with Gasteiger partial charge in [0.25, 0.3) is 0 Å². The Balaban J connectivity index is 0.000000220. The number of hydrogen-bond acceptors (Lipinski definition) is 5. The molecular weight excluding hydrogens is 611 g/mol. The first-order valence-corrected chi connectivity index (χ1v) is 8.68. The third kappa shape index (κ3) is 6.21. The smallest absolute Gasteiger partial charge is 0.413 e. The fourth-order valence-electron chi connectivity index (χ4n) is 2.43. The molecule has 0 N–H and O–H groups in total. The number of alkyl halides is 3. The van der Waals surface area contributed by atoms with Gasteiger partial charge in [0.15, 0.2) is 0 Å². The van der Waals surface area contributed by atoms with Crippen LogP contribution in [0.3, 0.4) is 0 Å². The monoisotopic (exact) mass is 625 g/mol. The molecule has 1 radical (unpaired) electrons. The zero-order chi connectivity index (χ0) is 22.6. The van der Waals surface area contributed by atoms with Gasteiger partial charge in [-0.15, -0.1) is 12.1 Å². The number of pyridine rings is 1. The second-order valence-electron chi connectivity index (χ2n) is 6.16. The minimum Gasteiger partial charge on any atom is -0.413 e. The number of aromatic nitrogens is 6. The van der Waals surface area contributed by atoms with Crippen molar-refractivity contribution >= 4 is 0 Å². The standard InChI is InChI=1S/C12H9F2N2.C8H4F3N4.Ir/c1-7-6-15-12(8(2)16-7)10-4-3-9(13)5-11(10)14;9-8(10,11)7-13-6(14-15-7)5-3-1-2-4-12-5;/h3,5-6H,1-2H3;1-4H;/q2*-1;. The Morgan fingerprint density at radius 1 is 1.03 bits per heavy atom. The van der Waals surface area contributed by atoms with E-state index in [1.807, 2.05) is 0 Å². The van der Waals surface area contributed by atoms with Crippen LogP contribution in [0.1, 0.15) is 17.2 Å². The second kappa shape index (κ2) is 10.5. The molecule has 3 heterocycles. The number of aryl methyl sites for hydroxylation is 2. The first kappa shape index (κ1) is 25.2. The third-order valence-corrected chi connectivity index (χ3v) is 3.76. The van der Waals surface area contributed by atoms with Crippen molar-refractivity contribution in [3.63, 3.8) is 0 Å². The molecule has 3 aromatic heterocycles. The fraction of sp³-hybridized carbons (Fsp3) is 0.150. The number of halogens is 5. The summed E-state index contributed by atoms with van der Waals surface area (Å²) in [6.07, 6.45) is -1.59. The predicted octanol–water partition coefficient (Wildman–Crippen LogP) is 4.35. The quantitative estimate of drug-likeness (QED) is 0.244. The van der Waals surface area contributed by atoms with Crippen LogP contribution in [-0.4, -0.2) is 25.0 Å². The van der Waals surface area contributed by atoms with Crippen LogP contribution in [0.4, 0.5) is 22.0 Å². The summed E-state index contributed by atoms with van der Waals surface area (Å²) in [5.74, 6) is -2.70. The Morgan fingerprint density at radius 3 is 2.34 bits per heavy atom. The first-order valence-electron chi connectivity index (χ1n) is 8.68. The van der Waals surface area contributed by atoms with Crippen LogP contribution in [0.25, 0.3) is 22.8 Å². The van der Waals surface area contributed by atoms with Crippen LogP contribution in [-0.2, 0) is 26.3 Å². The van der Waals surface area contributed by atoms with Crippen LogP contribution >= 0.6 is 0 Å². The molecule has 0 saturated heterocycles. The summed E-state index contributed by atoms with van der Waals surface area (Å²) in [6.45, 7) is 3.53. The van der Waals surface area contributed by atoms with Gasteiger partial charge in [0.1, 0.15) is 5.82 Å². The summed E-state index contributed by atoms with van der Waals surface area (Å²) in [5.41, 5.74) is 2.15. The molecule has 6 nitrogen and oxygen atoms in total. The van der Waals surface area contributed by atoms with E-state index < -0.39 is 23.6 Å². The van der Waals surface area contributed by atoms with E-state index in [9.17, 15) is 22.0 Å². The van der Waals surface area contributed by atoms with Crippen LogP contribution in [0, 0.1) is 31.5 Å². The van der Waals surface area contributed by atoms with Crippen molar-refractivity contribution in [3.8, 4) is 22.8 Å². The Bertz CT molecular complexity index is 1130. The van der Waals surface area contributed by atoms with Gasteiger partial charge in [-0.1, -0.05) is 17.7 Å². The summed E-state index contributed by atoms with van der Waals surface area (Å²) < 4.78 is 62.6. The van der Waals surface area contributed by atoms with Crippen LogP contribution in [0.5, 0.6) is 0 Å². The van der Waals surface area contributed by atoms with E-state index in [0.717, 1.165) is 17.8 Å². The molecule has 0 aliphatic carbocycles. The SMILES string of the molecule is Cc1cnc(-c2[c-]cc(F)cc2F)c(C)n1.FC(F)(F)c1n[n-]c(-c2ccccn2)n1.[Ir]. The minimum atomic E-state index is -4.57. The van der Waals surface area contributed by atoms with Crippen molar-refractivity contribution in [3.05, 3.63) is 77.6 Å². The molecule has 0 unspecified atom stereocenters. The third-order valence-electron chi connectivity index (χ3n) is 3.76. The van der Waals surface area contributed by atoms with Gasteiger partial charge in [-0.25, -0.2) is 0 Å². The molecule has 0 aliphatic rings. The number of benzene rings is 1. The number of nitrogens with zero attached hydrogens (tertiary/aromatic N) is 6. The molecule has 4 rings (SSSR count). The van der Waals surface area contributed by atoms with Crippen LogP contribution in [0.2, 0.25) is 0 Å². The topological polar surface area (TPSA) is 78.5 Å². The molecular formula is C20H13F5IrN6-2. The average molecular weight is 625 g/mol. The molecule has 0 spiro atoms. The summed E-state index contributed by atoms with van der Waals surface area (Å²) in [5, 5.41) is 6.25. The average Bonchev–Trinajstić information content (AvgIpc) is 3.21. The summed E-state index contributed by atoms with van der Waals surface area (Å²) in [6, 6.07) is 9.21. The maximum absolute atomic E-state index is 13.5. The Kier molecular flexibility index (Phi) is 8.23. The molecule has 0 fully saturated rings. The minimum absolute atomic E-state index is 0. The maximum Gasteiger partial charge on any atom is 0.429 e. The summed E-state index contributed by atoms with van der Waals surface area (Å²) >= 11 is 0. The van der Waals surface area contributed by atoms with E-state index in [-0.39, 0.29) is 37.2 Å². The van der Waals surface area contributed by atoms with Crippen molar-refractivity contribution < 1.29 is 42.1 Å². The van der Waals surface area contributed by atoms with E-state index in [2.05, 4.69) is 36.2 Å². The molecule has 0 bridgehead atoms. The van der Waals surface area contributed by atoms with Gasteiger partial charge in [-0.3, -0.25) is 23.8 Å². The van der Waals surface area contributed by atoms with Crippen molar-refractivity contribution in [2.75, 3.05) is 0 Å². The zero-order valence-corrected chi connectivity index (χ0v) is 18.8. The van der Waals surface area contributed by atoms with Crippen molar-refractivity contribution in [2.45, 2.75) is 20.0 Å². The Labute approximate surface area is 192 Å². The Hall–Kier alpha value is -3.11. The van der Waals surface area contributed by atoms with Crippen molar-refractivity contribution in [1.82, 2.24) is 30.1 Å². The van der Waals surface area contributed by atoms with E-state index in [0.29, 0.717) is 11.4 Å². The van der Waals surface area contributed by atoms with Gasteiger partial charge in [0.05, 0.1) is 11.4 Å². The van der Waals surface area contributed by atoms with Crippen molar-refractivity contribution in [2.24, 2.45) is 0 Å². The van der Waals surface area contributed by atoms with Gasteiger partial charge < -0.3 is 15.1 Å². The molecule has 0 atom stereocenters. The van der Waals surface area contributed by atoms with Crippen LogP contribution < -0.4 is 5.10 Å². The van der Waals surface area contributed by atoms with E-state index in [1.165, 1.54) is 12.3 Å². The summed E-state index contributed by atoms with van der Waals surface area (Å²) in [4.78, 5) is 15.3. The first-order chi connectivity index (χ1) is 14.6. The number of rotatable bonds is 2. The largest absolute Gasteiger partial charge is 0.429 e. The molecule has 0 saturated carbocycles. The molecule has 0 aliphatic heterocycles. The summed E-state index contributed by atoms with van der Waals surface area (Å²) in [7, 11) is 0. The van der Waals surface area contributed by atoms with Gasteiger partial charge in [-0.05, 0) is 31.8 Å². The van der Waals surface area contributed by atoms with Crippen molar-refractivity contribution in [1.29, 1.82) is 0 Å². The maximum atomic E-state index is 13.5. The molecule has 4 aromatic rings.